The Kier molecular flexibility index (Phi) is 7.59. The van der Waals surface area contributed by atoms with Gasteiger partial charge in [0.1, 0.15) is 23.4 Å². The lowest BCUT2D eigenvalue weighted by Crippen LogP contribution is -2.29. The second-order valence-corrected chi connectivity index (χ2v) is 12.9. The van der Waals surface area contributed by atoms with E-state index in [4.69, 9.17) is 4.74 Å². The number of hydrogen-bond donors (Lipinski definition) is 1. The Balaban J connectivity index is 1.39. The molecule has 1 aromatic heterocycles. The molecule has 0 spiro atoms. The third-order valence-corrected chi connectivity index (χ3v) is 9.54. The predicted molar refractivity (Wildman–Crippen MR) is 161 cm³/mol. The zero-order chi connectivity index (χ0) is 29.5. The number of rotatable bonds is 7. The molecule has 6 rings (SSSR count). The smallest absolute Gasteiger partial charge is 0.301 e. The standard InChI is InChI=1S/C32H28FN3O4S2/c1-17(2)20-6-8-21(9-7-20)27-26(28(37)22-10-13-25-23(15-22)14-18(3)40-25)29(38)30(39)36(27)31-34-35-32(42-31)41-16-19-4-11-24(33)12-5-19/h4-13,15,17-18,27,37H,14,16H2,1-3H3/b28-26+. The molecule has 2 atom stereocenters. The van der Waals surface area contributed by atoms with Gasteiger partial charge in [-0.15, -0.1) is 10.2 Å². The average Bonchev–Trinajstić information content (AvgIpc) is 3.67. The lowest BCUT2D eigenvalue weighted by Gasteiger charge is -2.23. The van der Waals surface area contributed by atoms with Crippen molar-refractivity contribution in [3.05, 3.63) is 106 Å². The van der Waals surface area contributed by atoms with Crippen LogP contribution in [0, 0.1) is 5.82 Å². The number of carbonyl (C=O) groups is 2. The fourth-order valence-electron chi connectivity index (χ4n) is 5.22. The number of aliphatic hydroxyl groups is 1. The van der Waals surface area contributed by atoms with E-state index in [2.05, 4.69) is 24.0 Å². The van der Waals surface area contributed by atoms with Gasteiger partial charge < -0.3 is 9.84 Å². The SMILES string of the molecule is CC1Cc2cc(/C(O)=C3\C(=O)C(=O)N(c4nnc(SCc5ccc(F)cc5)s4)C3c3ccc(C(C)C)cc3)ccc2O1. The first-order chi connectivity index (χ1) is 20.2. The number of nitrogens with zero attached hydrogens (tertiary/aromatic N) is 3. The van der Waals surface area contributed by atoms with Gasteiger partial charge in [-0.2, -0.15) is 0 Å². The Bertz CT molecular complexity index is 1700. The van der Waals surface area contributed by atoms with Gasteiger partial charge in [-0.25, -0.2) is 4.39 Å². The summed E-state index contributed by atoms with van der Waals surface area (Å²) < 4.78 is 19.7. The van der Waals surface area contributed by atoms with E-state index in [1.165, 1.54) is 40.1 Å². The van der Waals surface area contributed by atoms with Gasteiger partial charge in [0.15, 0.2) is 4.34 Å². The Morgan fingerprint density at radius 1 is 1.10 bits per heavy atom. The zero-order valence-corrected chi connectivity index (χ0v) is 24.8. The number of hydrogen-bond acceptors (Lipinski definition) is 8. The molecule has 7 nitrogen and oxygen atoms in total. The van der Waals surface area contributed by atoms with Crippen LogP contribution in [-0.2, 0) is 21.8 Å². The number of anilines is 1. The van der Waals surface area contributed by atoms with Crippen LogP contribution in [0.25, 0.3) is 5.76 Å². The van der Waals surface area contributed by atoms with Gasteiger partial charge >= 0.3 is 5.91 Å². The molecule has 2 unspecified atom stereocenters. The van der Waals surface area contributed by atoms with Crippen molar-refractivity contribution in [2.75, 3.05) is 4.90 Å². The van der Waals surface area contributed by atoms with Crippen LogP contribution in [0.4, 0.5) is 9.52 Å². The minimum absolute atomic E-state index is 0.0000686. The summed E-state index contributed by atoms with van der Waals surface area (Å²) in [5.41, 5.74) is 4.08. The predicted octanol–water partition coefficient (Wildman–Crippen LogP) is 7.04. The number of ether oxygens (including phenoxy) is 1. The van der Waals surface area contributed by atoms with Crippen molar-refractivity contribution < 1.29 is 23.8 Å². The average molecular weight is 602 g/mol. The summed E-state index contributed by atoms with van der Waals surface area (Å²) in [4.78, 5) is 28.5. The maximum absolute atomic E-state index is 13.6. The van der Waals surface area contributed by atoms with Gasteiger partial charge in [-0.3, -0.25) is 14.5 Å². The minimum atomic E-state index is -0.891. The van der Waals surface area contributed by atoms with E-state index in [9.17, 15) is 19.1 Å². The van der Waals surface area contributed by atoms with Crippen LogP contribution in [-0.4, -0.2) is 33.1 Å². The molecule has 3 heterocycles. The lowest BCUT2D eigenvalue weighted by atomic mass is 9.93. The molecule has 214 valence electrons. The number of aromatic nitrogens is 2. The van der Waals surface area contributed by atoms with E-state index >= 15 is 0 Å². The van der Waals surface area contributed by atoms with Gasteiger partial charge in [0.05, 0.1) is 11.6 Å². The van der Waals surface area contributed by atoms with Crippen LogP contribution >= 0.6 is 23.1 Å². The first kappa shape index (κ1) is 28.1. The highest BCUT2D eigenvalue weighted by Crippen LogP contribution is 2.45. The van der Waals surface area contributed by atoms with Gasteiger partial charge in [-0.1, -0.05) is 73.3 Å². The molecule has 1 N–H and O–H groups in total. The molecule has 0 aliphatic carbocycles. The van der Waals surface area contributed by atoms with Crippen LogP contribution in [0.5, 0.6) is 5.75 Å². The summed E-state index contributed by atoms with van der Waals surface area (Å²) >= 11 is 2.59. The van der Waals surface area contributed by atoms with Gasteiger partial charge in [0.25, 0.3) is 5.78 Å². The Morgan fingerprint density at radius 3 is 2.55 bits per heavy atom. The maximum atomic E-state index is 13.6. The lowest BCUT2D eigenvalue weighted by molar-refractivity contribution is -0.132. The first-order valence-corrected chi connectivity index (χ1v) is 15.4. The van der Waals surface area contributed by atoms with E-state index in [1.807, 2.05) is 37.3 Å². The number of aliphatic hydroxyl groups excluding tert-OH is 1. The molecule has 1 amide bonds. The van der Waals surface area contributed by atoms with Gasteiger partial charge in [0.2, 0.25) is 5.13 Å². The monoisotopic (exact) mass is 601 g/mol. The quantitative estimate of drug-likeness (QED) is 0.0798. The minimum Gasteiger partial charge on any atom is -0.507 e. The number of carbonyl (C=O) groups excluding carboxylic acids is 2. The Morgan fingerprint density at radius 2 is 1.83 bits per heavy atom. The van der Waals surface area contributed by atoms with Crippen LogP contribution in [0.15, 0.2) is 76.6 Å². The summed E-state index contributed by atoms with van der Waals surface area (Å²) in [6.07, 6.45) is 0.712. The molecular formula is C32H28FN3O4S2. The molecule has 0 bridgehead atoms. The highest BCUT2D eigenvalue weighted by molar-refractivity contribution is 8.00. The maximum Gasteiger partial charge on any atom is 0.301 e. The van der Waals surface area contributed by atoms with Gasteiger partial charge in [-0.05, 0) is 65.4 Å². The van der Waals surface area contributed by atoms with E-state index in [-0.39, 0.29) is 28.4 Å². The number of amides is 1. The summed E-state index contributed by atoms with van der Waals surface area (Å²) in [6.45, 7) is 6.15. The van der Waals surface area contributed by atoms with E-state index < -0.39 is 17.7 Å². The number of thioether (sulfide) groups is 1. The molecule has 42 heavy (non-hydrogen) atoms. The van der Waals surface area contributed by atoms with Gasteiger partial charge in [0, 0.05) is 17.7 Å². The van der Waals surface area contributed by atoms with Crippen molar-refractivity contribution in [1.82, 2.24) is 10.2 Å². The summed E-state index contributed by atoms with van der Waals surface area (Å²) in [5, 5.41) is 20.3. The number of fused-ring (bicyclic) bond motifs is 1. The highest BCUT2D eigenvalue weighted by atomic mass is 32.2. The summed E-state index contributed by atoms with van der Waals surface area (Å²) in [6, 6.07) is 18.3. The molecule has 1 fully saturated rings. The molecule has 0 radical (unpaired) electrons. The summed E-state index contributed by atoms with van der Waals surface area (Å²) in [5.74, 6) is -0.530. The molecule has 3 aromatic carbocycles. The molecule has 4 aromatic rings. The Labute approximate surface area is 251 Å². The van der Waals surface area contributed by atoms with E-state index in [0.717, 1.165) is 22.4 Å². The largest absolute Gasteiger partial charge is 0.507 e. The second kappa shape index (κ2) is 11.3. The number of ketones is 1. The van der Waals surface area contributed by atoms with Crippen molar-refractivity contribution in [3.63, 3.8) is 0 Å². The molecule has 0 saturated carbocycles. The summed E-state index contributed by atoms with van der Waals surface area (Å²) in [7, 11) is 0. The van der Waals surface area contributed by atoms with E-state index in [1.54, 1.807) is 24.3 Å². The fraction of sp³-hybridized carbons (Fsp3) is 0.250. The van der Waals surface area contributed by atoms with Crippen molar-refractivity contribution in [2.45, 2.75) is 55.3 Å². The zero-order valence-electron chi connectivity index (χ0n) is 23.2. The fourth-order valence-corrected chi connectivity index (χ4v) is 7.04. The third kappa shape index (κ3) is 5.32. The highest BCUT2D eigenvalue weighted by Gasteiger charge is 2.48. The van der Waals surface area contributed by atoms with Crippen LogP contribution < -0.4 is 9.64 Å². The number of benzene rings is 3. The third-order valence-electron chi connectivity index (χ3n) is 7.41. The van der Waals surface area contributed by atoms with E-state index in [0.29, 0.717) is 33.6 Å². The molecule has 1 saturated heterocycles. The first-order valence-electron chi connectivity index (χ1n) is 13.6. The van der Waals surface area contributed by atoms with Crippen molar-refractivity contribution in [1.29, 1.82) is 0 Å². The van der Waals surface area contributed by atoms with Crippen LogP contribution in [0.1, 0.15) is 60.5 Å². The van der Waals surface area contributed by atoms with Crippen molar-refractivity contribution >= 4 is 45.7 Å². The normalized spacial score (nSPS) is 19.4. The van der Waals surface area contributed by atoms with Crippen LogP contribution in [0.2, 0.25) is 0 Å². The molecule has 2 aliphatic heterocycles. The molecule has 10 heteroatoms. The topological polar surface area (TPSA) is 92.6 Å². The number of halogens is 1. The van der Waals surface area contributed by atoms with Crippen LogP contribution in [0.3, 0.4) is 0 Å². The van der Waals surface area contributed by atoms with Crippen molar-refractivity contribution in [2.24, 2.45) is 0 Å². The molecule has 2 aliphatic rings. The Hall–Kier alpha value is -4.02. The second-order valence-electron chi connectivity index (χ2n) is 10.7. The van der Waals surface area contributed by atoms with Crippen molar-refractivity contribution in [3.8, 4) is 5.75 Å². The molecular weight excluding hydrogens is 574 g/mol. The number of Topliss-reactive ketones (excluding diaryl/α,β-unsaturated/α-hetero) is 1.